The molecule has 0 atom stereocenters. The maximum absolute atomic E-state index is 3.50. The van der Waals surface area contributed by atoms with E-state index in [9.17, 15) is 0 Å². The van der Waals surface area contributed by atoms with Crippen molar-refractivity contribution in [2.75, 3.05) is 13.1 Å². The van der Waals surface area contributed by atoms with Crippen LogP contribution in [0.15, 0.2) is 0 Å². The van der Waals surface area contributed by atoms with Gasteiger partial charge >= 0.3 is 0 Å². The topological polar surface area (TPSA) is 24.1 Å². The second-order valence-electron chi connectivity index (χ2n) is 5.34. The Balaban J connectivity index is 3.63. The Kier molecular flexibility index (Phi) is 4.93. The van der Waals surface area contributed by atoms with Gasteiger partial charge in [-0.3, -0.25) is 0 Å². The average molecular weight is 186 g/mol. The van der Waals surface area contributed by atoms with Gasteiger partial charge < -0.3 is 10.6 Å². The standard InChI is InChI=1S/C11H26N2/c1-7-12-11(5,6)8-9-13-10(2,3)4/h12-13H,7-9H2,1-6H3. The molecule has 0 unspecified atom stereocenters. The first-order valence-electron chi connectivity index (χ1n) is 5.27. The van der Waals surface area contributed by atoms with Crippen LogP contribution in [-0.2, 0) is 0 Å². The number of nitrogens with one attached hydrogen (secondary N) is 2. The summed E-state index contributed by atoms with van der Waals surface area (Å²) in [5.41, 5.74) is 0.495. The van der Waals surface area contributed by atoms with Crippen LogP contribution in [0.1, 0.15) is 48.0 Å². The molecule has 0 spiro atoms. The van der Waals surface area contributed by atoms with Gasteiger partial charge in [0.05, 0.1) is 0 Å². The maximum atomic E-state index is 3.50. The summed E-state index contributed by atoms with van der Waals surface area (Å²) in [7, 11) is 0. The van der Waals surface area contributed by atoms with E-state index in [-0.39, 0.29) is 11.1 Å². The molecule has 0 aromatic carbocycles. The lowest BCUT2D eigenvalue weighted by molar-refractivity contribution is 0.333. The van der Waals surface area contributed by atoms with Crippen LogP contribution in [0, 0.1) is 0 Å². The molecule has 0 aliphatic heterocycles. The van der Waals surface area contributed by atoms with Crippen LogP contribution in [0.3, 0.4) is 0 Å². The first-order chi connectivity index (χ1) is 5.77. The molecule has 0 bridgehead atoms. The molecule has 0 aromatic heterocycles. The number of hydrogen-bond acceptors (Lipinski definition) is 2. The Morgan fingerprint density at radius 2 is 1.46 bits per heavy atom. The first kappa shape index (κ1) is 12.9. The Bertz CT molecular complexity index is 134. The minimum Gasteiger partial charge on any atom is -0.312 e. The fraction of sp³-hybridized carbons (Fsp3) is 1.00. The SMILES string of the molecule is CCNC(C)(C)CCNC(C)(C)C. The summed E-state index contributed by atoms with van der Waals surface area (Å²) >= 11 is 0. The molecule has 0 saturated heterocycles. The monoisotopic (exact) mass is 186 g/mol. The lowest BCUT2D eigenvalue weighted by Crippen LogP contribution is -2.44. The van der Waals surface area contributed by atoms with Gasteiger partial charge in [-0.25, -0.2) is 0 Å². The molecule has 13 heavy (non-hydrogen) atoms. The van der Waals surface area contributed by atoms with E-state index in [1.54, 1.807) is 0 Å². The van der Waals surface area contributed by atoms with E-state index in [0.717, 1.165) is 19.5 Å². The molecule has 0 aliphatic rings. The van der Waals surface area contributed by atoms with Crippen LogP contribution >= 0.6 is 0 Å². The molecule has 0 rings (SSSR count). The van der Waals surface area contributed by atoms with E-state index in [4.69, 9.17) is 0 Å². The van der Waals surface area contributed by atoms with Crippen LogP contribution in [0.2, 0.25) is 0 Å². The third-order valence-electron chi connectivity index (χ3n) is 2.06. The van der Waals surface area contributed by atoms with E-state index in [1.807, 2.05) is 0 Å². The normalized spacial score (nSPS) is 13.4. The molecule has 2 N–H and O–H groups in total. The summed E-state index contributed by atoms with van der Waals surface area (Å²) in [5, 5.41) is 6.96. The Morgan fingerprint density at radius 1 is 0.923 bits per heavy atom. The first-order valence-corrected chi connectivity index (χ1v) is 5.27. The molecule has 0 aliphatic carbocycles. The predicted octanol–water partition coefficient (Wildman–Crippen LogP) is 2.15. The van der Waals surface area contributed by atoms with Crippen LogP contribution in [0.25, 0.3) is 0 Å². The molecular weight excluding hydrogens is 160 g/mol. The highest BCUT2D eigenvalue weighted by Crippen LogP contribution is 2.08. The van der Waals surface area contributed by atoms with E-state index in [1.165, 1.54) is 0 Å². The highest BCUT2D eigenvalue weighted by Gasteiger charge is 2.16. The van der Waals surface area contributed by atoms with Gasteiger partial charge in [-0.2, -0.15) is 0 Å². The molecule has 0 aromatic rings. The molecular formula is C11H26N2. The molecule has 0 saturated carbocycles. The van der Waals surface area contributed by atoms with E-state index in [2.05, 4.69) is 52.2 Å². The Morgan fingerprint density at radius 3 is 1.85 bits per heavy atom. The Hall–Kier alpha value is -0.0800. The van der Waals surface area contributed by atoms with Crippen LogP contribution < -0.4 is 10.6 Å². The highest BCUT2D eigenvalue weighted by atomic mass is 15.0. The van der Waals surface area contributed by atoms with Crippen LogP contribution in [0.4, 0.5) is 0 Å². The van der Waals surface area contributed by atoms with Gasteiger partial charge in [0.2, 0.25) is 0 Å². The van der Waals surface area contributed by atoms with Gasteiger partial charge in [-0.15, -0.1) is 0 Å². The number of rotatable bonds is 5. The second kappa shape index (κ2) is 4.97. The fourth-order valence-corrected chi connectivity index (χ4v) is 1.32. The predicted molar refractivity (Wildman–Crippen MR) is 60.1 cm³/mol. The lowest BCUT2D eigenvalue weighted by Gasteiger charge is -2.28. The second-order valence-corrected chi connectivity index (χ2v) is 5.34. The van der Waals surface area contributed by atoms with Crippen molar-refractivity contribution in [1.29, 1.82) is 0 Å². The summed E-state index contributed by atoms with van der Waals surface area (Å²) in [5.74, 6) is 0. The van der Waals surface area contributed by atoms with Gasteiger partial charge in [-0.05, 0) is 54.1 Å². The van der Waals surface area contributed by atoms with E-state index >= 15 is 0 Å². The van der Waals surface area contributed by atoms with Gasteiger partial charge in [-0.1, -0.05) is 6.92 Å². The molecule has 0 fully saturated rings. The zero-order chi connectivity index (χ0) is 10.5. The van der Waals surface area contributed by atoms with Crippen molar-refractivity contribution < 1.29 is 0 Å². The molecule has 0 heterocycles. The van der Waals surface area contributed by atoms with Gasteiger partial charge in [0.1, 0.15) is 0 Å². The minimum absolute atomic E-state index is 0.238. The van der Waals surface area contributed by atoms with Gasteiger partial charge in [0, 0.05) is 11.1 Å². The summed E-state index contributed by atoms with van der Waals surface area (Å²) in [4.78, 5) is 0. The quantitative estimate of drug-likeness (QED) is 0.687. The maximum Gasteiger partial charge on any atom is 0.0137 e. The molecule has 0 amide bonds. The average Bonchev–Trinajstić information content (AvgIpc) is 1.82. The van der Waals surface area contributed by atoms with Gasteiger partial charge in [0.15, 0.2) is 0 Å². The van der Waals surface area contributed by atoms with Gasteiger partial charge in [0.25, 0.3) is 0 Å². The summed E-state index contributed by atoms with van der Waals surface area (Å²) in [6.45, 7) is 15.4. The summed E-state index contributed by atoms with van der Waals surface area (Å²) < 4.78 is 0. The van der Waals surface area contributed by atoms with Crippen molar-refractivity contribution >= 4 is 0 Å². The van der Waals surface area contributed by atoms with Crippen molar-refractivity contribution in [1.82, 2.24) is 10.6 Å². The van der Waals surface area contributed by atoms with Crippen LogP contribution in [0.5, 0.6) is 0 Å². The third kappa shape index (κ3) is 8.26. The summed E-state index contributed by atoms with van der Waals surface area (Å²) in [6.07, 6.45) is 1.16. The third-order valence-corrected chi connectivity index (χ3v) is 2.06. The highest BCUT2D eigenvalue weighted by molar-refractivity contribution is 4.79. The van der Waals surface area contributed by atoms with E-state index in [0.29, 0.717) is 0 Å². The fourth-order valence-electron chi connectivity index (χ4n) is 1.32. The molecule has 80 valence electrons. The minimum atomic E-state index is 0.238. The smallest absolute Gasteiger partial charge is 0.0137 e. The van der Waals surface area contributed by atoms with Crippen molar-refractivity contribution in [2.45, 2.75) is 59.0 Å². The molecule has 2 nitrogen and oxygen atoms in total. The zero-order valence-electron chi connectivity index (χ0n) is 10.1. The van der Waals surface area contributed by atoms with Crippen molar-refractivity contribution in [3.05, 3.63) is 0 Å². The van der Waals surface area contributed by atoms with Crippen molar-refractivity contribution in [2.24, 2.45) is 0 Å². The Labute approximate surface area is 83.5 Å². The molecule has 2 heteroatoms. The van der Waals surface area contributed by atoms with Crippen molar-refractivity contribution in [3.8, 4) is 0 Å². The van der Waals surface area contributed by atoms with Crippen molar-refractivity contribution in [3.63, 3.8) is 0 Å². The largest absolute Gasteiger partial charge is 0.312 e. The lowest BCUT2D eigenvalue weighted by atomic mass is 9.99. The zero-order valence-corrected chi connectivity index (χ0v) is 10.1. The van der Waals surface area contributed by atoms with Crippen LogP contribution in [-0.4, -0.2) is 24.2 Å². The summed E-state index contributed by atoms with van der Waals surface area (Å²) in [6, 6.07) is 0. The van der Waals surface area contributed by atoms with E-state index < -0.39 is 0 Å². The number of hydrogen-bond donors (Lipinski definition) is 2. The molecule has 0 radical (unpaired) electrons.